The highest BCUT2D eigenvalue weighted by Gasteiger charge is 1.99. The van der Waals surface area contributed by atoms with E-state index in [0.717, 1.165) is 11.1 Å². The van der Waals surface area contributed by atoms with Crippen molar-refractivity contribution in [2.24, 2.45) is 0 Å². The van der Waals surface area contributed by atoms with E-state index in [1.807, 2.05) is 24.4 Å². The average molecular weight is 223 g/mol. The highest BCUT2D eigenvalue weighted by Crippen LogP contribution is 1.99. The lowest BCUT2D eigenvalue weighted by Crippen LogP contribution is -3.00. The molecule has 0 aliphatic heterocycles. The molecule has 0 N–H and O–H groups in total. The molecule has 56 valence electrons. The van der Waals surface area contributed by atoms with E-state index in [2.05, 4.69) is 27.4 Å². The first kappa shape index (κ1) is 9.92. The molecule has 0 amide bonds. The van der Waals surface area contributed by atoms with Crippen LogP contribution in [0.1, 0.15) is 6.92 Å². The molecule has 0 saturated heterocycles. The molecule has 1 aromatic heterocycles. The first-order valence-electron chi connectivity index (χ1n) is 2.98. The third kappa shape index (κ3) is 2.27. The Morgan fingerprint density at radius 2 is 2.20 bits per heavy atom. The van der Waals surface area contributed by atoms with E-state index in [1.165, 1.54) is 0 Å². The summed E-state index contributed by atoms with van der Waals surface area (Å²) in [6, 6.07) is 6.06. The van der Waals surface area contributed by atoms with Crippen molar-refractivity contribution in [1.82, 2.24) is 0 Å². The van der Waals surface area contributed by atoms with Crippen molar-refractivity contribution >= 4 is 15.9 Å². The Morgan fingerprint density at radius 1 is 1.50 bits per heavy atom. The fraction of sp³-hybridized carbons (Fsp3) is 0.286. The van der Waals surface area contributed by atoms with E-state index in [-0.39, 0.29) is 12.4 Å². The molecule has 0 spiro atoms. The predicted octanol–water partition coefficient (Wildman–Crippen LogP) is -1.24. The molecule has 3 heteroatoms. The number of nitrogens with zero attached hydrogens (tertiary/aromatic N) is 1. The smallest absolute Gasteiger partial charge is 0.247 e. The summed E-state index contributed by atoms with van der Waals surface area (Å²) in [6.07, 6.45) is 2.05. The van der Waals surface area contributed by atoms with Crippen LogP contribution in [-0.2, 0) is 6.54 Å². The number of pyridine rings is 1. The zero-order valence-electron chi connectivity index (χ0n) is 5.72. The van der Waals surface area contributed by atoms with Crippen LogP contribution in [0, 0.1) is 0 Å². The van der Waals surface area contributed by atoms with Crippen LogP contribution in [-0.4, -0.2) is 0 Å². The highest BCUT2D eigenvalue weighted by atomic mass is 79.9. The third-order valence-electron chi connectivity index (χ3n) is 1.23. The molecule has 0 atom stereocenters. The summed E-state index contributed by atoms with van der Waals surface area (Å²) in [5.74, 6) is 0. The van der Waals surface area contributed by atoms with Gasteiger partial charge in [0, 0.05) is 28.1 Å². The van der Waals surface area contributed by atoms with Crippen molar-refractivity contribution < 1.29 is 17.0 Å². The van der Waals surface area contributed by atoms with Crippen LogP contribution in [0.2, 0.25) is 0 Å². The number of aryl methyl sites for hydroxylation is 1. The van der Waals surface area contributed by atoms with Gasteiger partial charge in [0.25, 0.3) is 0 Å². The van der Waals surface area contributed by atoms with Crippen molar-refractivity contribution in [2.75, 3.05) is 0 Å². The maximum atomic E-state index is 3.42. The third-order valence-corrected chi connectivity index (χ3v) is 1.95. The number of rotatable bonds is 1. The Balaban J connectivity index is 0.000000810. The first-order chi connectivity index (χ1) is 4.34. The van der Waals surface area contributed by atoms with Gasteiger partial charge in [-0.1, -0.05) is 0 Å². The molecule has 10 heavy (non-hydrogen) atoms. The second-order valence-corrected chi connectivity index (χ2v) is 2.62. The van der Waals surface area contributed by atoms with Crippen LogP contribution in [0.3, 0.4) is 0 Å². The topological polar surface area (TPSA) is 3.88 Å². The van der Waals surface area contributed by atoms with Gasteiger partial charge in [-0.05, 0) is 13.0 Å². The molecule has 1 aromatic rings. The summed E-state index contributed by atoms with van der Waals surface area (Å²) in [6.45, 7) is 3.13. The fourth-order valence-electron chi connectivity index (χ4n) is 0.712. The second kappa shape index (κ2) is 4.69. The minimum atomic E-state index is 0. The van der Waals surface area contributed by atoms with Crippen LogP contribution in [0.4, 0.5) is 0 Å². The van der Waals surface area contributed by atoms with Crippen molar-refractivity contribution in [3.63, 3.8) is 0 Å². The van der Waals surface area contributed by atoms with Gasteiger partial charge in [0.05, 0.1) is 0 Å². The van der Waals surface area contributed by atoms with E-state index in [0.29, 0.717) is 0 Å². The molecule has 0 bridgehead atoms. The van der Waals surface area contributed by atoms with Crippen LogP contribution < -0.4 is 17.0 Å². The van der Waals surface area contributed by atoms with Gasteiger partial charge < -0.3 is 12.4 Å². The lowest BCUT2D eigenvalue weighted by Gasteiger charge is -1.90. The maximum absolute atomic E-state index is 3.42. The normalized spacial score (nSPS) is 8.60. The maximum Gasteiger partial charge on any atom is 0.247 e. The molecule has 0 aliphatic carbocycles. The van der Waals surface area contributed by atoms with Crippen LogP contribution in [0.25, 0.3) is 0 Å². The van der Waals surface area contributed by atoms with E-state index in [4.69, 9.17) is 0 Å². The largest absolute Gasteiger partial charge is 1.00 e. The summed E-state index contributed by atoms with van der Waals surface area (Å²) in [4.78, 5) is 0. The molecule has 1 nitrogen and oxygen atoms in total. The van der Waals surface area contributed by atoms with Crippen LogP contribution in [0.15, 0.2) is 29.0 Å². The summed E-state index contributed by atoms with van der Waals surface area (Å²) >= 11 is 3.42. The van der Waals surface area contributed by atoms with Gasteiger partial charge in [0.2, 0.25) is 4.60 Å². The van der Waals surface area contributed by atoms with Gasteiger partial charge in [0.1, 0.15) is 6.54 Å². The molecule has 1 heterocycles. The van der Waals surface area contributed by atoms with Gasteiger partial charge in [-0.25, -0.2) is 0 Å². The first-order valence-corrected chi connectivity index (χ1v) is 3.78. The minimum Gasteiger partial charge on any atom is -1.00 e. The predicted molar refractivity (Wildman–Crippen MR) is 40.0 cm³/mol. The Morgan fingerprint density at radius 3 is 2.60 bits per heavy atom. The Hall–Kier alpha value is -0.0800. The quantitative estimate of drug-likeness (QED) is 0.414. The zero-order chi connectivity index (χ0) is 6.69. The Bertz CT molecular complexity index is 203. The van der Waals surface area contributed by atoms with E-state index < -0.39 is 0 Å². The molecular weight excluding hydrogens is 213 g/mol. The second-order valence-electron chi connectivity index (χ2n) is 1.81. The molecule has 0 aromatic carbocycles. The molecule has 0 aliphatic rings. The summed E-state index contributed by atoms with van der Waals surface area (Å²) in [5, 5.41) is 0. The van der Waals surface area contributed by atoms with Crippen molar-refractivity contribution in [3.05, 3.63) is 29.0 Å². The van der Waals surface area contributed by atoms with Crippen LogP contribution in [0.5, 0.6) is 0 Å². The van der Waals surface area contributed by atoms with Crippen molar-refractivity contribution in [2.45, 2.75) is 13.5 Å². The molecule has 1 rings (SSSR count). The van der Waals surface area contributed by atoms with E-state index in [1.54, 1.807) is 0 Å². The molecule has 0 radical (unpaired) electrons. The summed E-state index contributed by atoms with van der Waals surface area (Å²) in [7, 11) is 0. The Kier molecular flexibility index (Phi) is 4.65. The van der Waals surface area contributed by atoms with E-state index in [9.17, 15) is 0 Å². The molecular formula is C7H9BrClN. The van der Waals surface area contributed by atoms with Crippen molar-refractivity contribution in [1.29, 1.82) is 0 Å². The van der Waals surface area contributed by atoms with E-state index >= 15 is 0 Å². The minimum absolute atomic E-state index is 0. The standard InChI is InChI=1S/C7H9BrN.ClH/c1-2-9-6-4-3-5-7(9)8;/h3-6H,2H2,1H3;1H/q+1;/p-1. The van der Waals surface area contributed by atoms with Crippen molar-refractivity contribution in [3.8, 4) is 0 Å². The monoisotopic (exact) mass is 221 g/mol. The zero-order valence-corrected chi connectivity index (χ0v) is 8.06. The Labute approximate surface area is 75.6 Å². The average Bonchev–Trinajstić information content (AvgIpc) is 1.89. The van der Waals surface area contributed by atoms with Gasteiger partial charge in [-0.15, -0.1) is 0 Å². The van der Waals surface area contributed by atoms with Gasteiger partial charge in [-0.3, -0.25) is 0 Å². The van der Waals surface area contributed by atoms with Crippen LogP contribution >= 0.6 is 15.9 Å². The van der Waals surface area contributed by atoms with Gasteiger partial charge >= 0.3 is 0 Å². The fourth-order valence-corrected chi connectivity index (χ4v) is 1.23. The number of hydrogen-bond acceptors (Lipinski definition) is 0. The number of hydrogen-bond donors (Lipinski definition) is 0. The number of aromatic nitrogens is 1. The lowest BCUT2D eigenvalue weighted by molar-refractivity contribution is -0.704. The van der Waals surface area contributed by atoms with Gasteiger partial charge in [0.15, 0.2) is 6.20 Å². The van der Waals surface area contributed by atoms with Gasteiger partial charge in [-0.2, -0.15) is 4.57 Å². The lowest BCUT2D eigenvalue weighted by atomic mass is 10.5. The summed E-state index contributed by atoms with van der Waals surface area (Å²) < 4.78 is 3.26. The molecule has 0 unspecified atom stereocenters. The molecule has 0 saturated carbocycles. The molecule has 0 fully saturated rings. The summed E-state index contributed by atoms with van der Waals surface area (Å²) in [5.41, 5.74) is 0. The number of halogens is 2. The highest BCUT2D eigenvalue weighted by molar-refractivity contribution is 9.10. The SMILES string of the molecule is CC[n+]1ccccc1Br.[Cl-].